The van der Waals surface area contributed by atoms with E-state index in [1.807, 2.05) is 39.0 Å². The minimum atomic E-state index is -0.372. The second kappa shape index (κ2) is 7.00. The van der Waals surface area contributed by atoms with Crippen LogP contribution >= 0.6 is 0 Å². The zero-order valence-electron chi connectivity index (χ0n) is 15.2. The van der Waals surface area contributed by atoms with Crippen LogP contribution in [0.15, 0.2) is 47.3 Å². The Hall–Kier alpha value is -3.15. The Bertz CT molecular complexity index is 968. The van der Waals surface area contributed by atoms with Gasteiger partial charge in [0.15, 0.2) is 0 Å². The maximum Gasteiger partial charge on any atom is 0.333 e. The van der Waals surface area contributed by atoms with Crippen molar-refractivity contribution in [3.05, 3.63) is 64.2 Å². The molecule has 0 aliphatic heterocycles. The van der Waals surface area contributed by atoms with E-state index in [0.717, 1.165) is 11.3 Å². The van der Waals surface area contributed by atoms with Crippen LogP contribution in [-0.4, -0.2) is 21.8 Å². The van der Waals surface area contributed by atoms with Gasteiger partial charge in [-0.2, -0.15) is 0 Å². The lowest BCUT2D eigenvalue weighted by molar-refractivity contribution is 0.406. The predicted octanol–water partition coefficient (Wildman–Crippen LogP) is 4.10. The number of rotatable bonds is 5. The zero-order valence-corrected chi connectivity index (χ0v) is 15.2. The highest BCUT2D eigenvalue weighted by Gasteiger charge is 2.16. The van der Waals surface area contributed by atoms with Gasteiger partial charge >= 0.3 is 5.69 Å². The molecule has 2 aromatic carbocycles. The quantitative estimate of drug-likeness (QED) is 0.723. The van der Waals surface area contributed by atoms with Gasteiger partial charge in [0, 0.05) is 6.07 Å². The Morgan fingerprint density at radius 3 is 2.31 bits per heavy atom. The highest BCUT2D eigenvalue weighted by Crippen LogP contribution is 2.29. The van der Waals surface area contributed by atoms with E-state index in [1.54, 1.807) is 31.4 Å². The Morgan fingerprint density at radius 2 is 1.73 bits per heavy atom. The number of aryl methyl sites for hydroxylation is 1. The molecule has 2 N–H and O–H groups in total. The first-order chi connectivity index (χ1) is 12.4. The molecule has 0 atom stereocenters. The van der Waals surface area contributed by atoms with E-state index < -0.39 is 0 Å². The molecule has 3 rings (SSSR count). The molecule has 0 amide bonds. The maximum atomic E-state index is 12.1. The van der Waals surface area contributed by atoms with Crippen molar-refractivity contribution < 1.29 is 14.6 Å². The fourth-order valence-corrected chi connectivity index (χ4v) is 2.75. The molecule has 0 aliphatic carbocycles. The fourth-order valence-electron chi connectivity index (χ4n) is 2.75. The van der Waals surface area contributed by atoms with Crippen LogP contribution in [0.25, 0.3) is 5.69 Å². The minimum absolute atomic E-state index is 0.0167. The molecule has 1 heterocycles. The van der Waals surface area contributed by atoms with Crippen LogP contribution in [0.1, 0.15) is 31.0 Å². The summed E-state index contributed by atoms with van der Waals surface area (Å²) in [6, 6.07) is 12.5. The third-order valence-electron chi connectivity index (χ3n) is 4.18. The van der Waals surface area contributed by atoms with Crippen molar-refractivity contribution in [2.45, 2.75) is 26.7 Å². The fraction of sp³-hybridized carbons (Fsp3) is 0.250. The number of H-pyrrole nitrogens is 1. The summed E-state index contributed by atoms with van der Waals surface area (Å²) >= 11 is 0. The maximum absolute atomic E-state index is 12.1. The average Bonchev–Trinajstić information content (AvgIpc) is 2.92. The van der Waals surface area contributed by atoms with Gasteiger partial charge in [0.05, 0.1) is 18.5 Å². The van der Waals surface area contributed by atoms with E-state index in [9.17, 15) is 9.90 Å². The number of nitrogens with one attached hydrogen (secondary N) is 1. The number of imidazole rings is 1. The minimum Gasteiger partial charge on any atom is -0.496 e. The molecule has 1 aromatic heterocycles. The topological polar surface area (TPSA) is 76.5 Å². The summed E-state index contributed by atoms with van der Waals surface area (Å²) < 4.78 is 12.4. The van der Waals surface area contributed by atoms with Gasteiger partial charge in [0.25, 0.3) is 0 Å². The van der Waals surface area contributed by atoms with Gasteiger partial charge in [-0.15, -0.1) is 0 Å². The molecule has 0 radical (unpaired) electrons. The molecule has 0 saturated heterocycles. The Balaban J connectivity index is 1.87. The van der Waals surface area contributed by atoms with Crippen LogP contribution in [0.3, 0.4) is 0 Å². The van der Waals surface area contributed by atoms with Crippen LogP contribution < -0.4 is 15.2 Å². The van der Waals surface area contributed by atoms with Crippen molar-refractivity contribution in [2.24, 2.45) is 0 Å². The first-order valence-corrected chi connectivity index (χ1v) is 8.37. The van der Waals surface area contributed by atoms with E-state index in [4.69, 9.17) is 9.47 Å². The van der Waals surface area contributed by atoms with Crippen LogP contribution in [0.4, 0.5) is 0 Å². The number of nitrogens with zero attached hydrogens (tertiary/aromatic N) is 1. The molecule has 6 heteroatoms. The monoisotopic (exact) mass is 354 g/mol. The second-order valence-corrected chi connectivity index (χ2v) is 6.38. The summed E-state index contributed by atoms with van der Waals surface area (Å²) in [4.78, 5) is 14.8. The number of hydrogen-bond donors (Lipinski definition) is 2. The molecule has 0 saturated carbocycles. The summed E-state index contributed by atoms with van der Waals surface area (Å²) in [7, 11) is 1.62. The second-order valence-electron chi connectivity index (χ2n) is 6.38. The van der Waals surface area contributed by atoms with Crippen LogP contribution in [-0.2, 0) is 0 Å². The van der Waals surface area contributed by atoms with Crippen LogP contribution in [0, 0.1) is 6.92 Å². The van der Waals surface area contributed by atoms with Crippen LogP contribution in [0.2, 0.25) is 0 Å². The molecule has 0 spiro atoms. The molecule has 136 valence electrons. The molecular formula is C20H22N2O4. The summed E-state index contributed by atoms with van der Waals surface area (Å²) in [6.07, 6.45) is 0. The van der Waals surface area contributed by atoms with E-state index in [0.29, 0.717) is 22.9 Å². The number of aromatic hydroxyl groups is 1. The predicted molar refractivity (Wildman–Crippen MR) is 99.9 cm³/mol. The van der Waals surface area contributed by atoms with Crippen molar-refractivity contribution >= 4 is 0 Å². The average molecular weight is 354 g/mol. The Labute approximate surface area is 151 Å². The van der Waals surface area contributed by atoms with Gasteiger partial charge in [-0.1, -0.05) is 19.9 Å². The van der Waals surface area contributed by atoms with Crippen molar-refractivity contribution in [3.63, 3.8) is 0 Å². The number of methoxy groups -OCH3 is 1. The number of ether oxygens (including phenoxy) is 2. The third kappa shape index (κ3) is 3.31. The smallest absolute Gasteiger partial charge is 0.333 e. The number of benzene rings is 2. The SMILES string of the molecule is COc1cc(Oc2ccc(-n3c(O)c(C(C)C)[nH]c3=O)cc2)ccc1C. The first kappa shape index (κ1) is 17.7. The molecule has 0 aliphatic rings. The first-order valence-electron chi connectivity index (χ1n) is 8.37. The lowest BCUT2D eigenvalue weighted by atomic mass is 10.1. The number of aromatic amines is 1. The van der Waals surface area contributed by atoms with Gasteiger partial charge in [0.1, 0.15) is 17.2 Å². The zero-order chi connectivity index (χ0) is 18.8. The van der Waals surface area contributed by atoms with Crippen LogP contribution in [0.5, 0.6) is 23.1 Å². The standard InChI is InChI=1S/C20H22N2O4/c1-12(2)18-19(23)22(20(24)21-18)14-6-9-15(10-7-14)26-16-8-5-13(3)17(11-16)25-4/h5-12,23H,1-4H3,(H,21,24). The summed E-state index contributed by atoms with van der Waals surface area (Å²) in [5.41, 5.74) is 1.73. The van der Waals surface area contributed by atoms with Crippen molar-refractivity contribution in [1.29, 1.82) is 0 Å². The summed E-state index contributed by atoms with van der Waals surface area (Å²) in [5.74, 6) is 1.98. The third-order valence-corrected chi connectivity index (χ3v) is 4.18. The highest BCUT2D eigenvalue weighted by atomic mass is 16.5. The van der Waals surface area contributed by atoms with Gasteiger partial charge in [0.2, 0.25) is 5.88 Å². The molecule has 3 aromatic rings. The summed E-state index contributed by atoms with van der Waals surface area (Å²) in [6.45, 7) is 5.77. The van der Waals surface area contributed by atoms with Crippen molar-refractivity contribution in [3.8, 4) is 28.8 Å². The Morgan fingerprint density at radius 1 is 1.08 bits per heavy atom. The lowest BCUT2D eigenvalue weighted by Crippen LogP contribution is -2.14. The molecule has 0 unspecified atom stereocenters. The number of hydrogen-bond acceptors (Lipinski definition) is 4. The summed E-state index contributed by atoms with van der Waals surface area (Å²) in [5, 5.41) is 10.3. The molecule has 0 bridgehead atoms. The van der Waals surface area contributed by atoms with Gasteiger partial charge in [-0.3, -0.25) is 0 Å². The molecular weight excluding hydrogens is 332 g/mol. The van der Waals surface area contributed by atoms with Gasteiger partial charge in [-0.05, 0) is 48.7 Å². The Kier molecular flexibility index (Phi) is 4.75. The van der Waals surface area contributed by atoms with Crippen molar-refractivity contribution in [1.82, 2.24) is 9.55 Å². The van der Waals surface area contributed by atoms with E-state index in [2.05, 4.69) is 4.98 Å². The molecule has 0 fully saturated rings. The normalized spacial score (nSPS) is 11.0. The van der Waals surface area contributed by atoms with E-state index in [1.165, 1.54) is 4.57 Å². The molecule has 26 heavy (non-hydrogen) atoms. The van der Waals surface area contributed by atoms with E-state index in [-0.39, 0.29) is 17.5 Å². The number of aromatic nitrogens is 2. The molecule has 6 nitrogen and oxygen atoms in total. The highest BCUT2D eigenvalue weighted by molar-refractivity contribution is 5.45. The van der Waals surface area contributed by atoms with Gasteiger partial charge in [-0.25, -0.2) is 9.36 Å². The lowest BCUT2D eigenvalue weighted by Gasteiger charge is -2.10. The van der Waals surface area contributed by atoms with Gasteiger partial charge < -0.3 is 19.6 Å². The largest absolute Gasteiger partial charge is 0.496 e. The van der Waals surface area contributed by atoms with E-state index >= 15 is 0 Å². The van der Waals surface area contributed by atoms with Crippen molar-refractivity contribution in [2.75, 3.05) is 7.11 Å².